The molecule has 0 saturated heterocycles. The highest BCUT2D eigenvalue weighted by atomic mass is 14.6. The molecule has 0 fully saturated rings. The van der Waals surface area contributed by atoms with Gasteiger partial charge in [0, 0.05) is 16.8 Å². The number of aryl methyl sites for hydroxylation is 1. The van der Waals surface area contributed by atoms with E-state index in [0.717, 1.165) is 28.6 Å². The Balaban J connectivity index is 1.88. The van der Waals surface area contributed by atoms with Crippen molar-refractivity contribution in [3.8, 4) is 0 Å². The maximum Gasteiger partial charge on any atom is 0.0426 e. The van der Waals surface area contributed by atoms with Crippen LogP contribution in [0.15, 0.2) is 30.3 Å². The van der Waals surface area contributed by atoms with Gasteiger partial charge in [0.25, 0.3) is 0 Å². The molecule has 0 unspecified atom stereocenters. The molecule has 0 atom stereocenters. The lowest BCUT2D eigenvalue weighted by Gasteiger charge is -2.10. The smallest absolute Gasteiger partial charge is 0.0426 e. The van der Waals surface area contributed by atoms with Gasteiger partial charge in [-0.05, 0) is 35.9 Å². The van der Waals surface area contributed by atoms with E-state index < -0.39 is 0 Å². The van der Waals surface area contributed by atoms with Gasteiger partial charge in [-0.2, -0.15) is 0 Å². The molecule has 0 aliphatic heterocycles. The fourth-order valence-corrected chi connectivity index (χ4v) is 2.91. The summed E-state index contributed by atoms with van der Waals surface area (Å²) in [5.41, 5.74) is 15.1. The van der Waals surface area contributed by atoms with Gasteiger partial charge in [0.1, 0.15) is 0 Å². The molecule has 0 radical (unpaired) electrons. The zero-order chi connectivity index (χ0) is 15.1. The Labute approximate surface area is 128 Å². The van der Waals surface area contributed by atoms with Gasteiger partial charge in [-0.3, -0.25) is 0 Å². The minimum absolute atomic E-state index is 0.793. The molecule has 0 aromatic heterocycles. The van der Waals surface area contributed by atoms with Crippen molar-refractivity contribution in [2.24, 2.45) is 0 Å². The van der Waals surface area contributed by atoms with Crippen LogP contribution in [0.5, 0.6) is 0 Å². The summed E-state index contributed by atoms with van der Waals surface area (Å²) in [4.78, 5) is 0. The molecule has 0 aliphatic rings. The molecule has 0 spiro atoms. The Kier molecular flexibility index (Phi) is 5.91. The van der Waals surface area contributed by atoms with E-state index in [1.807, 2.05) is 18.2 Å². The number of fused-ring (bicyclic) bond motifs is 1. The normalized spacial score (nSPS) is 11.1. The van der Waals surface area contributed by atoms with Gasteiger partial charge in [-0.25, -0.2) is 0 Å². The molecular formula is C19H28N2. The van der Waals surface area contributed by atoms with Crippen LogP contribution >= 0.6 is 0 Å². The Hall–Kier alpha value is -1.70. The van der Waals surface area contributed by atoms with Crippen molar-refractivity contribution in [1.82, 2.24) is 0 Å². The van der Waals surface area contributed by atoms with Gasteiger partial charge in [0.05, 0.1) is 0 Å². The number of unbranched alkanes of at least 4 members (excludes halogenated alkanes) is 6. The number of hydrogen-bond donors (Lipinski definition) is 2. The molecule has 2 aromatic carbocycles. The van der Waals surface area contributed by atoms with Crippen LogP contribution < -0.4 is 11.5 Å². The second-order valence-corrected chi connectivity index (χ2v) is 5.99. The van der Waals surface area contributed by atoms with E-state index in [9.17, 15) is 0 Å². The third-order valence-electron chi connectivity index (χ3n) is 4.23. The van der Waals surface area contributed by atoms with Crippen LogP contribution in [0, 0.1) is 0 Å². The van der Waals surface area contributed by atoms with Crippen molar-refractivity contribution in [2.45, 2.75) is 58.3 Å². The zero-order valence-corrected chi connectivity index (χ0v) is 13.2. The predicted octanol–water partition coefficient (Wildman–Crippen LogP) is 5.30. The number of nitrogens with two attached hydrogens (primary N) is 2. The van der Waals surface area contributed by atoms with Gasteiger partial charge in [-0.1, -0.05) is 63.6 Å². The molecule has 0 aliphatic carbocycles. The third-order valence-corrected chi connectivity index (χ3v) is 4.23. The van der Waals surface area contributed by atoms with Crippen molar-refractivity contribution in [1.29, 1.82) is 0 Å². The molecule has 0 amide bonds. The van der Waals surface area contributed by atoms with E-state index >= 15 is 0 Å². The first-order valence-electron chi connectivity index (χ1n) is 8.29. The molecule has 0 saturated carbocycles. The van der Waals surface area contributed by atoms with Crippen molar-refractivity contribution in [3.05, 3.63) is 35.9 Å². The SMILES string of the molecule is CCCCCCCCCc1ccc2cc(N)ccc2c1N. The van der Waals surface area contributed by atoms with Crippen molar-refractivity contribution >= 4 is 22.1 Å². The maximum atomic E-state index is 6.31. The highest BCUT2D eigenvalue weighted by Crippen LogP contribution is 2.27. The van der Waals surface area contributed by atoms with Crippen LogP contribution in [-0.4, -0.2) is 0 Å². The van der Waals surface area contributed by atoms with Gasteiger partial charge < -0.3 is 11.5 Å². The lowest BCUT2D eigenvalue weighted by atomic mass is 9.99. The molecule has 2 nitrogen and oxygen atoms in total. The molecule has 2 rings (SSSR count). The summed E-state index contributed by atoms with van der Waals surface area (Å²) in [6.45, 7) is 2.26. The summed E-state index contributed by atoms with van der Waals surface area (Å²) >= 11 is 0. The summed E-state index contributed by atoms with van der Waals surface area (Å²) in [5, 5.41) is 2.26. The molecule has 2 aromatic rings. The van der Waals surface area contributed by atoms with Crippen LogP contribution in [0.2, 0.25) is 0 Å². The molecule has 0 bridgehead atoms. The fourth-order valence-electron chi connectivity index (χ4n) is 2.91. The summed E-state index contributed by atoms with van der Waals surface area (Å²) in [5.74, 6) is 0. The van der Waals surface area contributed by atoms with Crippen LogP contribution in [-0.2, 0) is 6.42 Å². The van der Waals surface area contributed by atoms with Crippen molar-refractivity contribution < 1.29 is 0 Å². The van der Waals surface area contributed by atoms with Crippen LogP contribution in [0.25, 0.3) is 10.8 Å². The number of nitrogen functional groups attached to an aromatic ring is 2. The van der Waals surface area contributed by atoms with E-state index in [2.05, 4.69) is 19.1 Å². The standard InChI is InChI=1S/C19H28N2/c1-2-3-4-5-6-7-8-9-15-10-11-16-14-17(20)12-13-18(16)19(15)21/h10-14H,2-9,20-21H2,1H3. The Morgan fingerprint density at radius 2 is 1.52 bits per heavy atom. The maximum absolute atomic E-state index is 6.31. The largest absolute Gasteiger partial charge is 0.399 e. The fraction of sp³-hybridized carbons (Fsp3) is 0.474. The van der Waals surface area contributed by atoms with E-state index in [0.29, 0.717) is 0 Å². The average Bonchev–Trinajstić information content (AvgIpc) is 2.48. The van der Waals surface area contributed by atoms with Crippen molar-refractivity contribution in [3.63, 3.8) is 0 Å². The summed E-state index contributed by atoms with van der Waals surface area (Å²) < 4.78 is 0. The van der Waals surface area contributed by atoms with E-state index in [-0.39, 0.29) is 0 Å². The molecule has 21 heavy (non-hydrogen) atoms. The average molecular weight is 284 g/mol. The number of anilines is 2. The number of hydrogen-bond acceptors (Lipinski definition) is 2. The first-order valence-corrected chi connectivity index (χ1v) is 8.29. The van der Waals surface area contributed by atoms with Gasteiger partial charge in [0.15, 0.2) is 0 Å². The van der Waals surface area contributed by atoms with Gasteiger partial charge >= 0.3 is 0 Å². The van der Waals surface area contributed by atoms with Crippen molar-refractivity contribution in [2.75, 3.05) is 11.5 Å². The topological polar surface area (TPSA) is 52.0 Å². The highest BCUT2D eigenvalue weighted by molar-refractivity contribution is 5.96. The van der Waals surface area contributed by atoms with E-state index in [1.54, 1.807) is 0 Å². The Morgan fingerprint density at radius 1 is 0.810 bits per heavy atom. The first kappa shape index (κ1) is 15.7. The van der Waals surface area contributed by atoms with Crippen LogP contribution in [0.3, 0.4) is 0 Å². The Morgan fingerprint density at radius 3 is 2.29 bits per heavy atom. The summed E-state index contributed by atoms with van der Waals surface area (Å²) in [7, 11) is 0. The van der Waals surface area contributed by atoms with Crippen LogP contribution in [0.1, 0.15) is 57.4 Å². The Bertz CT molecular complexity index is 575. The summed E-state index contributed by atoms with van der Waals surface area (Å²) in [6, 6.07) is 10.3. The minimum Gasteiger partial charge on any atom is -0.399 e. The highest BCUT2D eigenvalue weighted by Gasteiger charge is 2.04. The second kappa shape index (κ2) is 7.92. The van der Waals surface area contributed by atoms with Gasteiger partial charge in [-0.15, -0.1) is 0 Å². The molecule has 4 N–H and O–H groups in total. The summed E-state index contributed by atoms with van der Waals surface area (Å²) in [6.07, 6.45) is 10.4. The lowest BCUT2D eigenvalue weighted by Crippen LogP contribution is -1.97. The third kappa shape index (κ3) is 4.38. The van der Waals surface area contributed by atoms with Gasteiger partial charge in [0.2, 0.25) is 0 Å². The predicted molar refractivity (Wildman–Crippen MR) is 94.5 cm³/mol. The molecular weight excluding hydrogens is 256 g/mol. The number of benzene rings is 2. The molecule has 0 heterocycles. The molecule has 2 heteroatoms. The minimum atomic E-state index is 0.793. The first-order chi connectivity index (χ1) is 10.2. The second-order valence-electron chi connectivity index (χ2n) is 5.99. The quantitative estimate of drug-likeness (QED) is 0.510. The van der Waals surface area contributed by atoms with E-state index in [4.69, 9.17) is 11.5 Å². The van der Waals surface area contributed by atoms with Crippen LogP contribution in [0.4, 0.5) is 11.4 Å². The lowest BCUT2D eigenvalue weighted by molar-refractivity contribution is 0.589. The zero-order valence-electron chi connectivity index (χ0n) is 13.2. The van der Waals surface area contributed by atoms with E-state index in [1.165, 1.54) is 50.5 Å². The molecule has 114 valence electrons. The monoisotopic (exact) mass is 284 g/mol. The number of rotatable bonds is 8.